The summed E-state index contributed by atoms with van der Waals surface area (Å²) in [7, 11) is 0. The lowest BCUT2D eigenvalue weighted by molar-refractivity contribution is -0.117. The number of hydrogen-bond donors (Lipinski definition) is 2. The van der Waals surface area contributed by atoms with Gasteiger partial charge in [-0.3, -0.25) is 4.79 Å². The molecule has 1 aromatic carbocycles. The molecule has 1 unspecified atom stereocenters. The van der Waals surface area contributed by atoms with Crippen molar-refractivity contribution in [3.8, 4) is 5.75 Å². The Morgan fingerprint density at radius 2 is 2.05 bits per heavy atom. The van der Waals surface area contributed by atoms with Crippen molar-refractivity contribution in [3.05, 3.63) is 24.3 Å². The molecule has 1 fully saturated rings. The number of carbonyl (C=O) groups is 2. The zero-order chi connectivity index (χ0) is 15.2. The van der Waals surface area contributed by atoms with E-state index in [1.54, 1.807) is 4.90 Å². The third-order valence-corrected chi connectivity index (χ3v) is 3.26. The fourth-order valence-electron chi connectivity index (χ4n) is 2.34. The smallest absolute Gasteiger partial charge is 0.315 e. The Kier molecular flexibility index (Phi) is 5.03. The number of hydrogen-bond acceptors (Lipinski definition) is 3. The van der Waals surface area contributed by atoms with E-state index in [1.165, 1.54) is 0 Å². The Labute approximate surface area is 124 Å². The molecule has 0 aromatic heterocycles. The predicted octanol–water partition coefficient (Wildman–Crippen LogP) is 1.51. The van der Waals surface area contributed by atoms with Crippen LogP contribution >= 0.6 is 0 Å². The number of anilines is 1. The van der Waals surface area contributed by atoms with Crippen LogP contribution in [0.25, 0.3) is 0 Å². The van der Waals surface area contributed by atoms with E-state index in [0.29, 0.717) is 26.1 Å². The highest BCUT2D eigenvalue weighted by Crippen LogP contribution is 2.24. The first-order valence-electron chi connectivity index (χ1n) is 7.21. The molecule has 6 heteroatoms. The summed E-state index contributed by atoms with van der Waals surface area (Å²) in [6.45, 7) is 5.45. The first kappa shape index (κ1) is 15.2. The molecule has 2 rings (SSSR count). The van der Waals surface area contributed by atoms with Gasteiger partial charge in [-0.25, -0.2) is 4.79 Å². The molecular formula is C15H21N3O3. The first-order valence-corrected chi connectivity index (χ1v) is 7.21. The van der Waals surface area contributed by atoms with Crippen molar-refractivity contribution in [2.24, 2.45) is 0 Å². The fraction of sp³-hybridized carbons (Fsp3) is 0.467. The number of rotatable bonds is 5. The van der Waals surface area contributed by atoms with E-state index in [2.05, 4.69) is 10.6 Å². The Morgan fingerprint density at radius 1 is 1.33 bits per heavy atom. The summed E-state index contributed by atoms with van der Waals surface area (Å²) in [5.41, 5.74) is 0.823. The standard InChI is InChI=1S/C15H21N3O3/c1-3-16-15(20)17-11-9-14(19)18(10-11)12-5-7-13(8-6-12)21-4-2/h5-8,11H,3-4,9-10H2,1-2H3,(H2,16,17,20). The number of carbonyl (C=O) groups excluding carboxylic acids is 2. The Balaban J connectivity index is 1.97. The van der Waals surface area contributed by atoms with E-state index >= 15 is 0 Å². The molecule has 0 bridgehead atoms. The molecule has 3 amide bonds. The van der Waals surface area contributed by atoms with Crippen molar-refractivity contribution in [1.29, 1.82) is 0 Å². The molecule has 114 valence electrons. The third-order valence-electron chi connectivity index (χ3n) is 3.26. The van der Waals surface area contributed by atoms with Crippen LogP contribution in [0.1, 0.15) is 20.3 Å². The molecule has 21 heavy (non-hydrogen) atoms. The van der Waals surface area contributed by atoms with E-state index in [-0.39, 0.29) is 18.0 Å². The van der Waals surface area contributed by atoms with Gasteiger partial charge in [0.1, 0.15) is 5.75 Å². The largest absolute Gasteiger partial charge is 0.494 e. The minimum Gasteiger partial charge on any atom is -0.494 e. The van der Waals surface area contributed by atoms with E-state index in [4.69, 9.17) is 4.74 Å². The molecule has 1 aliphatic heterocycles. The third kappa shape index (κ3) is 3.87. The van der Waals surface area contributed by atoms with E-state index in [1.807, 2.05) is 38.1 Å². The lowest BCUT2D eigenvalue weighted by Gasteiger charge is -2.17. The predicted molar refractivity (Wildman–Crippen MR) is 80.6 cm³/mol. The van der Waals surface area contributed by atoms with Crippen LogP contribution in [0.5, 0.6) is 5.75 Å². The number of nitrogens with zero attached hydrogens (tertiary/aromatic N) is 1. The summed E-state index contributed by atoms with van der Waals surface area (Å²) in [4.78, 5) is 25.2. The van der Waals surface area contributed by atoms with Crippen LogP contribution in [0.15, 0.2) is 24.3 Å². The first-order chi connectivity index (χ1) is 10.1. The summed E-state index contributed by atoms with van der Waals surface area (Å²) in [6, 6.07) is 7.02. The molecule has 1 aliphatic rings. The summed E-state index contributed by atoms with van der Waals surface area (Å²) < 4.78 is 5.38. The molecule has 1 saturated heterocycles. The van der Waals surface area contributed by atoms with Gasteiger partial charge in [-0.15, -0.1) is 0 Å². The van der Waals surface area contributed by atoms with Crippen LogP contribution in [0.4, 0.5) is 10.5 Å². The molecule has 1 aromatic rings. The van der Waals surface area contributed by atoms with Crippen LogP contribution in [0.3, 0.4) is 0 Å². The second kappa shape index (κ2) is 6.97. The van der Waals surface area contributed by atoms with Crippen LogP contribution < -0.4 is 20.3 Å². The average molecular weight is 291 g/mol. The van der Waals surface area contributed by atoms with Gasteiger partial charge in [0.2, 0.25) is 5.91 Å². The van der Waals surface area contributed by atoms with Gasteiger partial charge in [-0.1, -0.05) is 0 Å². The molecule has 0 aliphatic carbocycles. The van der Waals surface area contributed by atoms with Crippen molar-refractivity contribution in [2.45, 2.75) is 26.3 Å². The molecule has 0 spiro atoms. The lowest BCUT2D eigenvalue weighted by atomic mass is 10.2. The summed E-state index contributed by atoms with van der Waals surface area (Å²) in [5.74, 6) is 0.797. The van der Waals surface area contributed by atoms with Crippen molar-refractivity contribution in [3.63, 3.8) is 0 Å². The second-order valence-electron chi connectivity index (χ2n) is 4.84. The number of benzene rings is 1. The van der Waals surface area contributed by atoms with Crippen molar-refractivity contribution in [2.75, 3.05) is 24.6 Å². The maximum absolute atomic E-state index is 12.1. The van der Waals surface area contributed by atoms with Crippen LogP contribution in [-0.4, -0.2) is 37.7 Å². The highest BCUT2D eigenvalue weighted by Gasteiger charge is 2.31. The molecule has 6 nitrogen and oxygen atoms in total. The zero-order valence-electron chi connectivity index (χ0n) is 12.4. The number of ether oxygens (including phenoxy) is 1. The lowest BCUT2D eigenvalue weighted by Crippen LogP contribution is -2.43. The van der Waals surface area contributed by atoms with Gasteiger partial charge in [0.05, 0.1) is 12.6 Å². The van der Waals surface area contributed by atoms with Gasteiger partial charge in [0.25, 0.3) is 0 Å². The molecule has 2 N–H and O–H groups in total. The number of urea groups is 1. The van der Waals surface area contributed by atoms with Gasteiger partial charge in [0.15, 0.2) is 0 Å². The topological polar surface area (TPSA) is 70.7 Å². The van der Waals surface area contributed by atoms with Crippen molar-refractivity contribution < 1.29 is 14.3 Å². The van der Waals surface area contributed by atoms with E-state index in [9.17, 15) is 9.59 Å². The van der Waals surface area contributed by atoms with Crippen LogP contribution in [0.2, 0.25) is 0 Å². The van der Waals surface area contributed by atoms with Crippen molar-refractivity contribution in [1.82, 2.24) is 10.6 Å². The SMILES string of the molecule is CCNC(=O)NC1CC(=O)N(c2ccc(OCC)cc2)C1. The summed E-state index contributed by atoms with van der Waals surface area (Å²) in [6.07, 6.45) is 0.324. The summed E-state index contributed by atoms with van der Waals surface area (Å²) >= 11 is 0. The van der Waals surface area contributed by atoms with Gasteiger partial charge in [0, 0.05) is 25.2 Å². The molecule has 1 heterocycles. The number of nitrogens with one attached hydrogen (secondary N) is 2. The molecule has 1 atom stereocenters. The Hall–Kier alpha value is -2.24. The molecular weight excluding hydrogens is 270 g/mol. The minimum absolute atomic E-state index is 0.0148. The maximum Gasteiger partial charge on any atom is 0.315 e. The van der Waals surface area contributed by atoms with Crippen LogP contribution in [0, 0.1) is 0 Å². The average Bonchev–Trinajstić information content (AvgIpc) is 2.81. The summed E-state index contributed by atoms with van der Waals surface area (Å²) in [5, 5.41) is 5.47. The number of amides is 3. The van der Waals surface area contributed by atoms with E-state index < -0.39 is 0 Å². The molecule has 0 saturated carbocycles. The van der Waals surface area contributed by atoms with E-state index in [0.717, 1.165) is 11.4 Å². The van der Waals surface area contributed by atoms with Crippen LogP contribution in [-0.2, 0) is 4.79 Å². The second-order valence-corrected chi connectivity index (χ2v) is 4.84. The Morgan fingerprint density at radius 3 is 2.67 bits per heavy atom. The highest BCUT2D eigenvalue weighted by molar-refractivity contribution is 5.96. The Bertz CT molecular complexity index is 501. The van der Waals surface area contributed by atoms with Gasteiger partial charge < -0.3 is 20.3 Å². The van der Waals surface area contributed by atoms with Crippen molar-refractivity contribution >= 4 is 17.6 Å². The van der Waals surface area contributed by atoms with Gasteiger partial charge >= 0.3 is 6.03 Å². The van der Waals surface area contributed by atoms with Gasteiger partial charge in [-0.05, 0) is 38.1 Å². The monoisotopic (exact) mass is 291 g/mol. The minimum atomic E-state index is -0.233. The zero-order valence-corrected chi connectivity index (χ0v) is 12.4. The quantitative estimate of drug-likeness (QED) is 0.864. The fourth-order valence-corrected chi connectivity index (χ4v) is 2.34. The van der Waals surface area contributed by atoms with Gasteiger partial charge in [-0.2, -0.15) is 0 Å². The normalized spacial score (nSPS) is 17.7. The maximum atomic E-state index is 12.1. The molecule has 0 radical (unpaired) electrons. The highest BCUT2D eigenvalue weighted by atomic mass is 16.5.